The van der Waals surface area contributed by atoms with Crippen molar-refractivity contribution in [1.29, 1.82) is 0 Å². The Morgan fingerprint density at radius 3 is 2.74 bits per heavy atom. The number of morpholine rings is 1. The van der Waals surface area contributed by atoms with Crippen LogP contribution in [0.25, 0.3) is 0 Å². The van der Waals surface area contributed by atoms with Gasteiger partial charge >= 0.3 is 0 Å². The number of hydrazone groups is 1. The van der Waals surface area contributed by atoms with Gasteiger partial charge in [-0.2, -0.15) is 9.41 Å². The third-order valence-corrected chi connectivity index (χ3v) is 6.58. The average molecular weight is 451 g/mol. The Balaban J connectivity index is 1.89. The summed E-state index contributed by atoms with van der Waals surface area (Å²) in [5.41, 5.74) is 2.80. The smallest absolute Gasteiger partial charge is 0.295 e. The van der Waals surface area contributed by atoms with Gasteiger partial charge in [0.1, 0.15) is 11.4 Å². The molecule has 0 radical (unpaired) electrons. The van der Waals surface area contributed by atoms with E-state index in [1.807, 2.05) is 0 Å². The summed E-state index contributed by atoms with van der Waals surface area (Å²) in [4.78, 5) is 14.5. The zero-order valence-corrected chi connectivity index (χ0v) is 17.4. The van der Waals surface area contributed by atoms with E-state index in [0.29, 0.717) is 11.3 Å². The van der Waals surface area contributed by atoms with Crippen LogP contribution in [-0.4, -0.2) is 65.4 Å². The largest absolute Gasteiger partial charge is 0.505 e. The predicted octanol–water partition coefficient (Wildman–Crippen LogP) is 0.963. The second-order valence-electron chi connectivity index (χ2n) is 6.61. The number of hydrogen-bond donors (Lipinski definition) is 3. The summed E-state index contributed by atoms with van der Waals surface area (Å²) in [6, 6.07) is 3.46. The first-order valence-corrected chi connectivity index (χ1v) is 10.6. The minimum Gasteiger partial charge on any atom is -0.505 e. The van der Waals surface area contributed by atoms with E-state index in [1.54, 1.807) is 6.92 Å². The first-order chi connectivity index (χ1) is 14.8. The van der Waals surface area contributed by atoms with E-state index in [2.05, 4.69) is 15.5 Å². The molecule has 0 spiro atoms. The van der Waals surface area contributed by atoms with Gasteiger partial charge in [-0.15, -0.1) is 0 Å². The van der Waals surface area contributed by atoms with E-state index in [-0.39, 0.29) is 48.2 Å². The van der Waals surface area contributed by atoms with Gasteiger partial charge in [0.15, 0.2) is 0 Å². The number of aliphatic hydroxyl groups excluding tert-OH is 1. The zero-order chi connectivity index (χ0) is 22.6. The molecule has 166 valence electrons. The number of ether oxygens (including phenoxy) is 1. The molecule has 1 fully saturated rings. The molecule has 1 aromatic heterocycles. The lowest BCUT2D eigenvalue weighted by Gasteiger charge is -2.26. The van der Waals surface area contributed by atoms with Crippen LogP contribution in [0.1, 0.15) is 16.8 Å². The molecule has 1 aliphatic rings. The third-order valence-electron chi connectivity index (χ3n) is 4.68. The standard InChI is InChI=1S/C18H21N5O7S/c1-12-18(25)15(13(11-24)9-19-12)10-20-21-16-3-2-14(8-17(16)23(26)27)31(28,29)22-4-6-30-7-5-22/h2-3,8-10,21,24-25H,4-7,11H2,1H3/b20-10+. The van der Waals surface area contributed by atoms with Crippen molar-refractivity contribution in [3.8, 4) is 5.75 Å². The lowest BCUT2D eigenvalue weighted by atomic mass is 10.1. The van der Waals surface area contributed by atoms with E-state index in [9.17, 15) is 28.7 Å². The van der Waals surface area contributed by atoms with Crippen LogP contribution in [0.3, 0.4) is 0 Å². The van der Waals surface area contributed by atoms with Crippen molar-refractivity contribution >= 4 is 27.6 Å². The highest BCUT2D eigenvalue weighted by Gasteiger charge is 2.28. The summed E-state index contributed by atoms with van der Waals surface area (Å²) in [6.45, 7) is 2.03. The molecule has 3 N–H and O–H groups in total. The van der Waals surface area contributed by atoms with Gasteiger partial charge in [0.05, 0.1) is 41.5 Å². The Bertz CT molecular complexity index is 1110. The zero-order valence-electron chi connectivity index (χ0n) is 16.6. The molecule has 1 aromatic carbocycles. The van der Waals surface area contributed by atoms with Crippen molar-refractivity contribution in [2.24, 2.45) is 5.10 Å². The van der Waals surface area contributed by atoms with E-state index in [1.165, 1.54) is 28.8 Å². The number of nitrogens with zero attached hydrogens (tertiary/aromatic N) is 4. The number of aromatic hydroxyl groups is 1. The molecule has 0 unspecified atom stereocenters. The number of sulfonamides is 1. The maximum absolute atomic E-state index is 12.8. The topological polar surface area (TPSA) is 167 Å². The van der Waals surface area contributed by atoms with Gasteiger partial charge in [0.2, 0.25) is 10.0 Å². The number of aliphatic hydroxyl groups is 1. The predicted molar refractivity (Wildman–Crippen MR) is 110 cm³/mol. The SMILES string of the molecule is Cc1ncc(CO)c(/C=N/Nc2ccc(S(=O)(=O)N3CCOCC3)cc2[N+](=O)[O-])c1O. The number of pyridine rings is 1. The number of benzene rings is 1. The normalized spacial score (nSPS) is 15.3. The number of rotatable bonds is 7. The van der Waals surface area contributed by atoms with E-state index >= 15 is 0 Å². The van der Waals surface area contributed by atoms with Crippen LogP contribution in [0.4, 0.5) is 11.4 Å². The fraction of sp³-hybridized carbons (Fsp3) is 0.333. The molecular formula is C18H21N5O7S. The summed E-state index contributed by atoms with van der Waals surface area (Å²) in [6.07, 6.45) is 2.57. The second-order valence-corrected chi connectivity index (χ2v) is 8.55. The number of anilines is 1. The van der Waals surface area contributed by atoms with Crippen molar-refractivity contribution in [2.45, 2.75) is 18.4 Å². The number of hydrogen-bond acceptors (Lipinski definition) is 10. The van der Waals surface area contributed by atoms with Crippen molar-refractivity contribution in [3.05, 3.63) is 51.3 Å². The number of nitro groups is 1. The minimum atomic E-state index is -3.90. The van der Waals surface area contributed by atoms with Crippen molar-refractivity contribution < 1.29 is 28.3 Å². The molecule has 3 rings (SSSR count). The minimum absolute atomic E-state index is 0.0435. The quantitative estimate of drug-likeness (QED) is 0.315. The summed E-state index contributed by atoms with van der Waals surface area (Å²) in [7, 11) is -3.90. The number of aromatic nitrogens is 1. The molecule has 0 saturated carbocycles. The lowest BCUT2D eigenvalue weighted by Crippen LogP contribution is -2.40. The van der Waals surface area contributed by atoms with Crippen LogP contribution >= 0.6 is 0 Å². The Hall–Kier alpha value is -3.13. The summed E-state index contributed by atoms with van der Waals surface area (Å²) >= 11 is 0. The molecule has 13 heteroatoms. The summed E-state index contributed by atoms with van der Waals surface area (Å²) < 4.78 is 31.9. The molecule has 2 aromatic rings. The third kappa shape index (κ3) is 4.80. The molecule has 1 saturated heterocycles. The molecule has 0 atom stereocenters. The molecule has 0 aliphatic carbocycles. The molecule has 0 bridgehead atoms. The maximum Gasteiger partial charge on any atom is 0.295 e. The molecular weight excluding hydrogens is 430 g/mol. The van der Waals surface area contributed by atoms with Crippen molar-refractivity contribution in [2.75, 3.05) is 31.7 Å². The monoisotopic (exact) mass is 451 g/mol. The molecule has 2 heterocycles. The van der Waals surface area contributed by atoms with Crippen LogP contribution in [-0.2, 0) is 21.4 Å². The summed E-state index contributed by atoms with van der Waals surface area (Å²) in [5, 5.41) is 34.9. The van der Waals surface area contributed by atoms with Crippen LogP contribution in [0, 0.1) is 17.0 Å². The van der Waals surface area contributed by atoms with Gasteiger partial charge in [-0.1, -0.05) is 0 Å². The highest BCUT2D eigenvalue weighted by Crippen LogP contribution is 2.29. The number of nitrogens with one attached hydrogen (secondary N) is 1. The lowest BCUT2D eigenvalue weighted by molar-refractivity contribution is -0.384. The second kappa shape index (κ2) is 9.34. The fourth-order valence-electron chi connectivity index (χ4n) is 2.94. The Kier molecular flexibility index (Phi) is 6.80. The first kappa shape index (κ1) is 22.6. The number of aryl methyl sites for hydroxylation is 1. The summed E-state index contributed by atoms with van der Waals surface area (Å²) in [5.74, 6) is -0.182. The van der Waals surface area contributed by atoms with Crippen molar-refractivity contribution in [3.63, 3.8) is 0 Å². The van der Waals surface area contributed by atoms with Crippen molar-refractivity contribution in [1.82, 2.24) is 9.29 Å². The van der Waals surface area contributed by atoms with Crippen LogP contribution in [0.2, 0.25) is 0 Å². The first-order valence-electron chi connectivity index (χ1n) is 9.19. The Labute approximate surface area is 178 Å². The Morgan fingerprint density at radius 1 is 1.39 bits per heavy atom. The molecule has 0 amide bonds. The molecule has 31 heavy (non-hydrogen) atoms. The van der Waals surface area contributed by atoms with Gasteiger partial charge < -0.3 is 14.9 Å². The molecule has 12 nitrogen and oxygen atoms in total. The van der Waals surface area contributed by atoms with Crippen LogP contribution in [0.5, 0.6) is 5.75 Å². The van der Waals surface area contributed by atoms with Gasteiger partial charge in [0, 0.05) is 36.5 Å². The van der Waals surface area contributed by atoms with E-state index < -0.39 is 27.2 Å². The highest BCUT2D eigenvalue weighted by atomic mass is 32.2. The Morgan fingerprint density at radius 2 is 2.10 bits per heavy atom. The van der Waals surface area contributed by atoms with Crippen LogP contribution in [0.15, 0.2) is 34.4 Å². The van der Waals surface area contributed by atoms with Gasteiger partial charge in [-0.05, 0) is 19.1 Å². The number of nitro benzene ring substituents is 1. The van der Waals surface area contributed by atoms with Gasteiger partial charge in [-0.3, -0.25) is 20.5 Å². The van der Waals surface area contributed by atoms with Crippen LogP contribution < -0.4 is 5.43 Å². The van der Waals surface area contributed by atoms with E-state index in [4.69, 9.17) is 4.74 Å². The highest BCUT2D eigenvalue weighted by molar-refractivity contribution is 7.89. The fourth-order valence-corrected chi connectivity index (χ4v) is 4.37. The maximum atomic E-state index is 12.8. The van der Waals surface area contributed by atoms with E-state index in [0.717, 1.165) is 6.07 Å². The average Bonchev–Trinajstić information content (AvgIpc) is 2.77. The van der Waals surface area contributed by atoms with Gasteiger partial charge in [0.25, 0.3) is 5.69 Å². The molecule has 1 aliphatic heterocycles. The van der Waals surface area contributed by atoms with Gasteiger partial charge in [-0.25, -0.2) is 8.42 Å².